The molecule has 0 saturated carbocycles. The van der Waals surface area contributed by atoms with E-state index in [1.807, 2.05) is 13.8 Å². The van der Waals surface area contributed by atoms with E-state index in [9.17, 15) is 0 Å². The van der Waals surface area contributed by atoms with E-state index in [-0.39, 0.29) is 0 Å². The molecule has 0 aromatic heterocycles. The summed E-state index contributed by atoms with van der Waals surface area (Å²) in [5.74, 6) is 0.875. The predicted molar refractivity (Wildman–Crippen MR) is 60.1 cm³/mol. The summed E-state index contributed by atoms with van der Waals surface area (Å²) in [6.45, 7) is 12.1. The van der Waals surface area contributed by atoms with Gasteiger partial charge in [-0.25, -0.2) is 0 Å². The number of hydrogen-bond donors (Lipinski definition) is 1. The maximum Gasteiger partial charge on any atom is 0.00795 e. The van der Waals surface area contributed by atoms with Crippen LogP contribution < -0.4 is 5.32 Å². The third-order valence-electron chi connectivity index (χ3n) is 2.66. The quantitative estimate of drug-likeness (QED) is 0.725. The highest BCUT2D eigenvalue weighted by molar-refractivity contribution is 4.80. The summed E-state index contributed by atoms with van der Waals surface area (Å²) in [5.41, 5.74) is 0. The van der Waals surface area contributed by atoms with Crippen LogP contribution in [0.1, 0.15) is 34.1 Å². The maximum absolute atomic E-state index is 3.48. The van der Waals surface area contributed by atoms with E-state index in [0.717, 1.165) is 12.5 Å². The molecule has 1 rings (SSSR count). The first kappa shape index (κ1) is 12.9. The number of hydrogen-bond acceptors (Lipinski definition) is 2. The molecular formula is C11H26N2. The lowest BCUT2D eigenvalue weighted by Gasteiger charge is -2.19. The van der Waals surface area contributed by atoms with E-state index in [2.05, 4.69) is 31.1 Å². The lowest BCUT2D eigenvalue weighted by molar-refractivity contribution is 0.351. The van der Waals surface area contributed by atoms with Gasteiger partial charge < -0.3 is 10.2 Å². The van der Waals surface area contributed by atoms with Crippen molar-refractivity contribution in [2.45, 2.75) is 40.2 Å². The molecule has 1 fully saturated rings. The molecule has 0 radical (unpaired) electrons. The minimum Gasteiger partial charge on any atom is -0.314 e. The van der Waals surface area contributed by atoms with Crippen molar-refractivity contribution < 1.29 is 0 Å². The highest BCUT2D eigenvalue weighted by Gasteiger charge is 2.23. The zero-order valence-corrected chi connectivity index (χ0v) is 9.93. The Hall–Kier alpha value is -0.0800. The molecule has 0 aliphatic carbocycles. The molecule has 2 nitrogen and oxygen atoms in total. The number of rotatable bonds is 3. The average Bonchev–Trinajstić information content (AvgIpc) is 2.56. The molecule has 80 valence electrons. The van der Waals surface area contributed by atoms with E-state index in [1.165, 1.54) is 19.5 Å². The van der Waals surface area contributed by atoms with Gasteiger partial charge in [-0.05, 0) is 39.4 Å². The van der Waals surface area contributed by atoms with Gasteiger partial charge in [-0.2, -0.15) is 0 Å². The number of nitrogens with one attached hydrogen (secondary N) is 1. The fourth-order valence-electron chi connectivity index (χ4n) is 1.87. The average molecular weight is 186 g/mol. The van der Waals surface area contributed by atoms with Gasteiger partial charge in [0, 0.05) is 12.6 Å². The van der Waals surface area contributed by atoms with Crippen LogP contribution in [0.2, 0.25) is 0 Å². The zero-order chi connectivity index (χ0) is 10.3. The second-order valence-corrected chi connectivity index (χ2v) is 3.66. The zero-order valence-electron chi connectivity index (χ0n) is 9.93. The summed E-state index contributed by atoms with van der Waals surface area (Å²) in [6, 6.07) is 0.699. The van der Waals surface area contributed by atoms with Crippen molar-refractivity contribution in [2.24, 2.45) is 5.92 Å². The molecule has 0 aromatic rings. The molecule has 0 amide bonds. The minimum atomic E-state index is 0.699. The molecule has 1 N–H and O–H groups in total. The Morgan fingerprint density at radius 1 is 1.46 bits per heavy atom. The topological polar surface area (TPSA) is 15.3 Å². The fraction of sp³-hybridized carbons (Fsp3) is 1.00. The molecule has 2 unspecified atom stereocenters. The van der Waals surface area contributed by atoms with Crippen molar-refractivity contribution in [2.75, 3.05) is 26.7 Å². The first-order valence-electron chi connectivity index (χ1n) is 5.66. The van der Waals surface area contributed by atoms with Crippen LogP contribution >= 0.6 is 0 Å². The standard InChI is InChI=1S/C9H20N2.C2H6/c1-4-10-8(2)9-5-6-11(3)7-9;1-2/h8-10H,4-7H2,1-3H3;1-2H3. The van der Waals surface area contributed by atoms with E-state index < -0.39 is 0 Å². The molecule has 13 heavy (non-hydrogen) atoms. The van der Waals surface area contributed by atoms with Crippen molar-refractivity contribution >= 4 is 0 Å². The molecule has 0 bridgehead atoms. The minimum absolute atomic E-state index is 0.699. The SMILES string of the molecule is CC.CCNC(C)C1CCN(C)C1. The summed E-state index contributed by atoms with van der Waals surface area (Å²) >= 11 is 0. The van der Waals surface area contributed by atoms with Crippen LogP contribution in [-0.4, -0.2) is 37.6 Å². The summed E-state index contributed by atoms with van der Waals surface area (Å²) in [5, 5.41) is 3.48. The third-order valence-corrected chi connectivity index (χ3v) is 2.66. The van der Waals surface area contributed by atoms with Gasteiger partial charge in [0.2, 0.25) is 0 Å². The van der Waals surface area contributed by atoms with Crippen LogP contribution in [-0.2, 0) is 0 Å². The van der Waals surface area contributed by atoms with Gasteiger partial charge in [-0.15, -0.1) is 0 Å². The summed E-state index contributed by atoms with van der Waals surface area (Å²) in [7, 11) is 2.21. The Balaban J connectivity index is 0.000000671. The van der Waals surface area contributed by atoms with Crippen molar-refractivity contribution in [1.82, 2.24) is 10.2 Å². The molecular weight excluding hydrogens is 160 g/mol. The third kappa shape index (κ3) is 4.63. The second kappa shape index (κ2) is 7.34. The molecule has 0 aromatic carbocycles. The smallest absolute Gasteiger partial charge is 0.00795 e. The van der Waals surface area contributed by atoms with Crippen LogP contribution in [0.3, 0.4) is 0 Å². The predicted octanol–water partition coefficient (Wildman–Crippen LogP) is 1.96. The van der Waals surface area contributed by atoms with Crippen molar-refractivity contribution in [1.29, 1.82) is 0 Å². The first-order chi connectivity index (χ1) is 6.24. The monoisotopic (exact) mass is 186 g/mol. The first-order valence-corrected chi connectivity index (χ1v) is 5.66. The van der Waals surface area contributed by atoms with E-state index in [4.69, 9.17) is 0 Å². The van der Waals surface area contributed by atoms with Crippen molar-refractivity contribution in [3.8, 4) is 0 Å². The van der Waals surface area contributed by atoms with Crippen LogP contribution in [0.4, 0.5) is 0 Å². The van der Waals surface area contributed by atoms with Gasteiger partial charge in [0.1, 0.15) is 0 Å². The summed E-state index contributed by atoms with van der Waals surface area (Å²) in [6.07, 6.45) is 1.37. The Morgan fingerprint density at radius 2 is 2.08 bits per heavy atom. The Morgan fingerprint density at radius 3 is 2.46 bits per heavy atom. The largest absolute Gasteiger partial charge is 0.314 e. The lowest BCUT2D eigenvalue weighted by Crippen LogP contribution is -2.34. The summed E-state index contributed by atoms with van der Waals surface area (Å²) < 4.78 is 0. The van der Waals surface area contributed by atoms with E-state index >= 15 is 0 Å². The van der Waals surface area contributed by atoms with Crippen LogP contribution in [0.25, 0.3) is 0 Å². The summed E-state index contributed by atoms with van der Waals surface area (Å²) in [4.78, 5) is 2.42. The molecule has 1 heterocycles. The number of nitrogens with zero attached hydrogens (tertiary/aromatic N) is 1. The molecule has 0 spiro atoms. The molecule has 2 atom stereocenters. The lowest BCUT2D eigenvalue weighted by atomic mass is 10.0. The van der Waals surface area contributed by atoms with E-state index in [0.29, 0.717) is 6.04 Å². The molecule has 1 aliphatic heterocycles. The molecule has 1 saturated heterocycles. The van der Waals surface area contributed by atoms with E-state index in [1.54, 1.807) is 0 Å². The van der Waals surface area contributed by atoms with Gasteiger partial charge in [0.05, 0.1) is 0 Å². The van der Waals surface area contributed by atoms with Crippen LogP contribution in [0, 0.1) is 5.92 Å². The van der Waals surface area contributed by atoms with Crippen LogP contribution in [0.15, 0.2) is 0 Å². The van der Waals surface area contributed by atoms with Crippen molar-refractivity contribution in [3.05, 3.63) is 0 Å². The number of likely N-dealkylation sites (tertiary alicyclic amines) is 1. The molecule has 2 heteroatoms. The van der Waals surface area contributed by atoms with Crippen molar-refractivity contribution in [3.63, 3.8) is 0 Å². The Kier molecular flexibility index (Phi) is 7.29. The van der Waals surface area contributed by atoms with Gasteiger partial charge >= 0.3 is 0 Å². The normalized spacial score (nSPS) is 25.2. The van der Waals surface area contributed by atoms with Gasteiger partial charge in [-0.3, -0.25) is 0 Å². The van der Waals surface area contributed by atoms with Gasteiger partial charge in [0.25, 0.3) is 0 Å². The molecule has 1 aliphatic rings. The van der Waals surface area contributed by atoms with Gasteiger partial charge in [-0.1, -0.05) is 20.8 Å². The highest BCUT2D eigenvalue weighted by Crippen LogP contribution is 2.17. The maximum atomic E-state index is 3.48. The Labute approximate surface area is 83.7 Å². The highest BCUT2D eigenvalue weighted by atomic mass is 15.1. The second-order valence-electron chi connectivity index (χ2n) is 3.66. The Bertz CT molecular complexity index is 115. The van der Waals surface area contributed by atoms with Crippen LogP contribution in [0.5, 0.6) is 0 Å². The van der Waals surface area contributed by atoms with Gasteiger partial charge in [0.15, 0.2) is 0 Å². The fourth-order valence-corrected chi connectivity index (χ4v) is 1.87.